The molecule has 0 aliphatic rings. The summed E-state index contributed by atoms with van der Waals surface area (Å²) in [6.07, 6.45) is 3.11. The fraction of sp³-hybridized carbons (Fsp3) is 0.111. The maximum absolute atomic E-state index is 14.5. The number of hydrogen-bond acceptors (Lipinski definition) is 4. The lowest BCUT2D eigenvalue weighted by Crippen LogP contribution is -2.45. The molecular formula is C18H14ClF3N6O2. The van der Waals surface area contributed by atoms with E-state index in [2.05, 4.69) is 26.3 Å². The van der Waals surface area contributed by atoms with Gasteiger partial charge in [-0.2, -0.15) is 5.10 Å². The predicted molar refractivity (Wildman–Crippen MR) is 101 cm³/mol. The van der Waals surface area contributed by atoms with E-state index in [1.54, 1.807) is 0 Å². The van der Waals surface area contributed by atoms with Gasteiger partial charge in [0.1, 0.15) is 11.5 Å². The number of nitrogens with one attached hydrogen (secondary N) is 3. The topological polar surface area (TPSA) is 101 Å². The van der Waals surface area contributed by atoms with Crippen molar-refractivity contribution in [3.8, 4) is 16.8 Å². The van der Waals surface area contributed by atoms with Gasteiger partial charge in [0.2, 0.25) is 5.91 Å². The van der Waals surface area contributed by atoms with Crippen molar-refractivity contribution >= 4 is 23.5 Å². The first-order chi connectivity index (χ1) is 14.2. The minimum Gasteiger partial charge on any atom is -0.331 e. The van der Waals surface area contributed by atoms with Crippen LogP contribution >= 0.6 is 11.6 Å². The fourth-order valence-electron chi connectivity index (χ4n) is 2.54. The zero-order valence-electron chi connectivity index (χ0n) is 15.3. The highest BCUT2D eigenvalue weighted by Gasteiger charge is 2.18. The van der Waals surface area contributed by atoms with Crippen LogP contribution in [0.2, 0.25) is 5.02 Å². The number of aromatic nitrogens is 3. The number of nitrogens with zero attached hydrogens (tertiary/aromatic N) is 3. The summed E-state index contributed by atoms with van der Waals surface area (Å²) in [7, 11) is 0. The van der Waals surface area contributed by atoms with E-state index in [1.165, 1.54) is 19.2 Å². The molecule has 3 aromatic rings. The van der Waals surface area contributed by atoms with Crippen LogP contribution in [0.1, 0.15) is 12.6 Å². The van der Waals surface area contributed by atoms with Gasteiger partial charge in [-0.15, -0.1) is 0 Å². The number of hydrazine groups is 1. The average Bonchev–Trinajstić information content (AvgIpc) is 3.10. The average molecular weight is 439 g/mol. The molecule has 2 heterocycles. The SMILES string of the molecule is CC(=O)NNC(=O)NCc1ncc(-c2cc(Cl)cc(F)c2-n2cc(F)cn2)cc1F. The van der Waals surface area contributed by atoms with Crippen molar-refractivity contribution in [1.82, 2.24) is 30.9 Å². The van der Waals surface area contributed by atoms with E-state index >= 15 is 0 Å². The standard InChI is InChI=1S/C18H14ClF3N6O2/c1-9(29)26-27-18(30)24-7-16-14(21)2-10(5-23-16)13-3-11(19)4-15(22)17(13)28-8-12(20)6-25-28/h2-6,8H,7H2,1H3,(H,26,29)(H2,24,27,30). The summed E-state index contributed by atoms with van der Waals surface area (Å²) in [5.74, 6) is -2.74. The number of pyridine rings is 1. The van der Waals surface area contributed by atoms with Gasteiger partial charge in [-0.05, 0) is 18.2 Å². The Morgan fingerprint density at radius 3 is 2.50 bits per heavy atom. The van der Waals surface area contributed by atoms with Gasteiger partial charge >= 0.3 is 6.03 Å². The summed E-state index contributed by atoms with van der Waals surface area (Å²) in [4.78, 5) is 26.2. The Morgan fingerprint density at radius 2 is 1.87 bits per heavy atom. The Bertz CT molecular complexity index is 1120. The number of benzene rings is 1. The molecule has 0 fully saturated rings. The monoisotopic (exact) mass is 438 g/mol. The van der Waals surface area contributed by atoms with Crippen LogP contribution in [0.25, 0.3) is 16.8 Å². The van der Waals surface area contributed by atoms with Crippen LogP contribution in [0, 0.1) is 17.5 Å². The third kappa shape index (κ3) is 4.87. The Morgan fingerprint density at radius 1 is 1.10 bits per heavy atom. The number of carbonyl (C=O) groups excluding carboxylic acids is 2. The zero-order valence-corrected chi connectivity index (χ0v) is 16.1. The van der Waals surface area contributed by atoms with Crippen molar-refractivity contribution in [2.45, 2.75) is 13.5 Å². The first-order valence-corrected chi connectivity index (χ1v) is 8.77. The number of carbonyl (C=O) groups is 2. The molecule has 0 unspecified atom stereocenters. The smallest absolute Gasteiger partial charge is 0.331 e. The number of hydrogen-bond donors (Lipinski definition) is 3. The lowest BCUT2D eigenvalue weighted by molar-refractivity contribution is -0.119. The first-order valence-electron chi connectivity index (χ1n) is 8.39. The number of rotatable bonds is 4. The van der Waals surface area contributed by atoms with Crippen LogP contribution in [-0.4, -0.2) is 26.7 Å². The summed E-state index contributed by atoms with van der Waals surface area (Å²) in [5.41, 5.74) is 4.17. The van der Waals surface area contributed by atoms with Crippen molar-refractivity contribution in [3.05, 3.63) is 65.0 Å². The highest BCUT2D eigenvalue weighted by Crippen LogP contribution is 2.32. The Hall–Kier alpha value is -3.60. The van der Waals surface area contributed by atoms with Gasteiger partial charge < -0.3 is 5.32 Å². The van der Waals surface area contributed by atoms with E-state index in [0.717, 1.165) is 29.2 Å². The minimum atomic E-state index is -0.790. The molecule has 8 nitrogen and oxygen atoms in total. The van der Waals surface area contributed by atoms with E-state index in [9.17, 15) is 22.8 Å². The lowest BCUT2D eigenvalue weighted by atomic mass is 10.0. The van der Waals surface area contributed by atoms with Crippen molar-refractivity contribution in [1.29, 1.82) is 0 Å². The maximum atomic E-state index is 14.5. The Labute approximate surface area is 173 Å². The molecule has 3 N–H and O–H groups in total. The van der Waals surface area contributed by atoms with Crippen LogP contribution in [0.4, 0.5) is 18.0 Å². The number of urea groups is 1. The quantitative estimate of drug-likeness (QED) is 0.545. The molecule has 0 radical (unpaired) electrons. The fourth-order valence-corrected chi connectivity index (χ4v) is 2.74. The van der Waals surface area contributed by atoms with Crippen LogP contribution in [0.5, 0.6) is 0 Å². The van der Waals surface area contributed by atoms with Crippen molar-refractivity contribution in [3.63, 3.8) is 0 Å². The van der Waals surface area contributed by atoms with E-state index < -0.39 is 29.4 Å². The van der Waals surface area contributed by atoms with Crippen molar-refractivity contribution in [2.75, 3.05) is 0 Å². The summed E-state index contributed by atoms with van der Waals surface area (Å²) in [6.45, 7) is 0.920. The summed E-state index contributed by atoms with van der Waals surface area (Å²) >= 11 is 5.93. The molecule has 1 aromatic carbocycles. The van der Waals surface area contributed by atoms with E-state index in [4.69, 9.17) is 11.6 Å². The second-order valence-electron chi connectivity index (χ2n) is 6.03. The van der Waals surface area contributed by atoms with Gasteiger partial charge in [0, 0.05) is 29.3 Å². The number of amides is 3. The molecule has 0 spiro atoms. The minimum absolute atomic E-state index is 0.0414. The molecule has 0 saturated heterocycles. The summed E-state index contributed by atoms with van der Waals surface area (Å²) in [5, 5.41) is 6.09. The third-order valence-electron chi connectivity index (χ3n) is 3.81. The van der Waals surface area contributed by atoms with Crippen molar-refractivity contribution < 1.29 is 22.8 Å². The second-order valence-corrected chi connectivity index (χ2v) is 6.46. The highest BCUT2D eigenvalue weighted by molar-refractivity contribution is 6.31. The van der Waals surface area contributed by atoms with E-state index in [-0.39, 0.29) is 34.1 Å². The molecule has 0 atom stereocenters. The molecule has 156 valence electrons. The molecule has 0 saturated carbocycles. The summed E-state index contributed by atoms with van der Waals surface area (Å²) < 4.78 is 43.4. The van der Waals surface area contributed by atoms with Crippen LogP contribution in [0.15, 0.2) is 36.8 Å². The van der Waals surface area contributed by atoms with E-state index in [1.807, 2.05) is 0 Å². The molecule has 3 rings (SSSR count). The molecule has 3 amide bonds. The molecule has 2 aromatic heterocycles. The van der Waals surface area contributed by atoms with Gasteiger partial charge in [0.05, 0.1) is 24.6 Å². The van der Waals surface area contributed by atoms with Gasteiger partial charge in [-0.25, -0.2) is 28.1 Å². The largest absolute Gasteiger partial charge is 0.333 e. The molecule has 0 aliphatic heterocycles. The Kier molecular flexibility index (Phi) is 6.21. The predicted octanol–water partition coefficient (Wildman–Crippen LogP) is 2.86. The zero-order chi connectivity index (χ0) is 21.8. The van der Waals surface area contributed by atoms with Crippen LogP contribution in [-0.2, 0) is 11.3 Å². The molecule has 0 bridgehead atoms. The number of halogens is 4. The highest BCUT2D eigenvalue weighted by atomic mass is 35.5. The van der Waals surface area contributed by atoms with Gasteiger partial charge in [0.25, 0.3) is 0 Å². The summed E-state index contributed by atoms with van der Waals surface area (Å²) in [6, 6.07) is 2.70. The first kappa shape index (κ1) is 21.1. The van der Waals surface area contributed by atoms with Crippen LogP contribution < -0.4 is 16.2 Å². The third-order valence-corrected chi connectivity index (χ3v) is 4.02. The normalized spacial score (nSPS) is 10.6. The lowest BCUT2D eigenvalue weighted by Gasteiger charge is -2.13. The van der Waals surface area contributed by atoms with Gasteiger partial charge in [-0.3, -0.25) is 15.2 Å². The van der Waals surface area contributed by atoms with Crippen molar-refractivity contribution in [2.24, 2.45) is 0 Å². The molecule has 12 heteroatoms. The Balaban J connectivity index is 1.88. The van der Waals surface area contributed by atoms with Gasteiger partial charge in [0.15, 0.2) is 11.6 Å². The van der Waals surface area contributed by atoms with Gasteiger partial charge in [-0.1, -0.05) is 11.6 Å². The molecule has 30 heavy (non-hydrogen) atoms. The maximum Gasteiger partial charge on any atom is 0.333 e. The second kappa shape index (κ2) is 8.82. The molecule has 0 aliphatic carbocycles. The van der Waals surface area contributed by atoms with E-state index in [0.29, 0.717) is 0 Å². The molecular weight excluding hydrogens is 425 g/mol. The van der Waals surface area contributed by atoms with Crippen LogP contribution in [0.3, 0.4) is 0 Å².